The van der Waals surface area contributed by atoms with Crippen molar-refractivity contribution < 1.29 is 4.39 Å². The predicted molar refractivity (Wildman–Crippen MR) is 53.2 cm³/mol. The second-order valence-electron chi connectivity index (χ2n) is 3.67. The van der Waals surface area contributed by atoms with E-state index in [1.807, 2.05) is 26.8 Å². The summed E-state index contributed by atoms with van der Waals surface area (Å²) in [6.45, 7) is 5.80. The maximum atomic E-state index is 13.3. The Balaban J connectivity index is 3.05. The van der Waals surface area contributed by atoms with Gasteiger partial charge in [-0.05, 0) is 31.4 Å². The average Bonchev–Trinajstić information content (AvgIpc) is 2.08. The molecule has 0 heterocycles. The largest absolute Gasteiger partial charge is 0.327 e. The lowest BCUT2D eigenvalue weighted by atomic mass is 9.93. The Bertz CT molecular complexity index is 294. The highest BCUT2D eigenvalue weighted by molar-refractivity contribution is 5.27. The summed E-state index contributed by atoms with van der Waals surface area (Å²) in [6.07, 6.45) is 0. The highest BCUT2D eigenvalue weighted by Gasteiger charge is 2.14. The molecule has 0 aliphatic heterocycles. The average molecular weight is 181 g/mol. The van der Waals surface area contributed by atoms with Crippen LogP contribution >= 0.6 is 0 Å². The summed E-state index contributed by atoms with van der Waals surface area (Å²) in [6, 6.07) is 5.12. The van der Waals surface area contributed by atoms with E-state index in [0.29, 0.717) is 0 Å². The van der Waals surface area contributed by atoms with Gasteiger partial charge in [0, 0.05) is 6.04 Å². The van der Waals surface area contributed by atoms with Gasteiger partial charge >= 0.3 is 0 Å². The lowest BCUT2D eigenvalue weighted by Gasteiger charge is -2.17. The maximum Gasteiger partial charge on any atom is 0.126 e. The zero-order chi connectivity index (χ0) is 10.0. The van der Waals surface area contributed by atoms with E-state index < -0.39 is 0 Å². The standard InChI is InChI=1S/C11H16FN/c1-7-4-5-11(12)10(6-7)8(2)9(3)13/h4-6,8-9H,13H2,1-3H3. The molecule has 0 saturated carbocycles. The smallest absolute Gasteiger partial charge is 0.126 e. The molecule has 2 atom stereocenters. The molecular formula is C11H16FN. The van der Waals surface area contributed by atoms with E-state index in [4.69, 9.17) is 5.73 Å². The molecule has 2 unspecified atom stereocenters. The Hall–Kier alpha value is -0.890. The topological polar surface area (TPSA) is 26.0 Å². The molecule has 1 aromatic rings. The number of rotatable bonds is 2. The molecule has 2 heteroatoms. The minimum atomic E-state index is -0.157. The van der Waals surface area contributed by atoms with E-state index in [1.54, 1.807) is 6.07 Å². The Morgan fingerprint density at radius 2 is 1.92 bits per heavy atom. The highest BCUT2D eigenvalue weighted by Crippen LogP contribution is 2.22. The van der Waals surface area contributed by atoms with Crippen molar-refractivity contribution in [1.82, 2.24) is 0 Å². The first kappa shape index (κ1) is 10.2. The fourth-order valence-electron chi connectivity index (χ4n) is 1.30. The molecule has 0 aliphatic carbocycles. The second kappa shape index (κ2) is 3.88. The third kappa shape index (κ3) is 2.28. The van der Waals surface area contributed by atoms with Crippen LogP contribution in [0.2, 0.25) is 0 Å². The number of hydrogen-bond acceptors (Lipinski definition) is 1. The van der Waals surface area contributed by atoms with E-state index in [1.165, 1.54) is 6.07 Å². The third-order valence-electron chi connectivity index (χ3n) is 2.43. The van der Waals surface area contributed by atoms with Gasteiger partial charge in [-0.25, -0.2) is 4.39 Å². The van der Waals surface area contributed by atoms with Crippen LogP contribution in [0.15, 0.2) is 18.2 Å². The molecule has 13 heavy (non-hydrogen) atoms. The van der Waals surface area contributed by atoms with Crippen LogP contribution in [-0.2, 0) is 0 Å². The van der Waals surface area contributed by atoms with Crippen molar-refractivity contribution in [1.29, 1.82) is 0 Å². The minimum Gasteiger partial charge on any atom is -0.327 e. The van der Waals surface area contributed by atoms with Gasteiger partial charge in [0.25, 0.3) is 0 Å². The normalized spacial score (nSPS) is 15.5. The Kier molecular flexibility index (Phi) is 3.04. The van der Waals surface area contributed by atoms with E-state index >= 15 is 0 Å². The number of hydrogen-bond donors (Lipinski definition) is 1. The monoisotopic (exact) mass is 181 g/mol. The summed E-state index contributed by atoms with van der Waals surface area (Å²) in [7, 11) is 0. The van der Waals surface area contributed by atoms with E-state index in [0.717, 1.165) is 11.1 Å². The van der Waals surface area contributed by atoms with Gasteiger partial charge in [0.1, 0.15) is 5.82 Å². The Morgan fingerprint density at radius 1 is 1.31 bits per heavy atom. The van der Waals surface area contributed by atoms with Crippen molar-refractivity contribution in [2.45, 2.75) is 32.7 Å². The molecule has 1 nitrogen and oxygen atoms in total. The van der Waals surface area contributed by atoms with Crippen LogP contribution in [0.3, 0.4) is 0 Å². The molecule has 0 saturated heterocycles. The number of nitrogens with two attached hydrogens (primary N) is 1. The molecular weight excluding hydrogens is 165 g/mol. The second-order valence-corrected chi connectivity index (χ2v) is 3.67. The third-order valence-corrected chi connectivity index (χ3v) is 2.43. The van der Waals surface area contributed by atoms with Gasteiger partial charge in [-0.1, -0.05) is 24.6 Å². The van der Waals surface area contributed by atoms with Crippen LogP contribution in [0, 0.1) is 12.7 Å². The van der Waals surface area contributed by atoms with Crippen molar-refractivity contribution in [2.75, 3.05) is 0 Å². The van der Waals surface area contributed by atoms with Crippen LogP contribution in [0.25, 0.3) is 0 Å². The molecule has 0 radical (unpaired) electrons. The quantitative estimate of drug-likeness (QED) is 0.745. The summed E-state index contributed by atoms with van der Waals surface area (Å²) >= 11 is 0. The summed E-state index contributed by atoms with van der Waals surface area (Å²) < 4.78 is 13.3. The summed E-state index contributed by atoms with van der Waals surface area (Å²) in [5, 5.41) is 0. The highest BCUT2D eigenvalue weighted by atomic mass is 19.1. The molecule has 1 rings (SSSR count). The Morgan fingerprint density at radius 3 is 2.46 bits per heavy atom. The van der Waals surface area contributed by atoms with Crippen molar-refractivity contribution in [3.05, 3.63) is 35.1 Å². The van der Waals surface area contributed by atoms with E-state index in [2.05, 4.69) is 0 Å². The molecule has 0 bridgehead atoms. The zero-order valence-electron chi connectivity index (χ0n) is 8.34. The predicted octanol–water partition coefficient (Wildman–Crippen LogP) is 2.58. The van der Waals surface area contributed by atoms with E-state index in [9.17, 15) is 4.39 Å². The zero-order valence-corrected chi connectivity index (χ0v) is 8.34. The van der Waals surface area contributed by atoms with Gasteiger partial charge in [0.15, 0.2) is 0 Å². The molecule has 0 aromatic heterocycles. The first-order valence-electron chi connectivity index (χ1n) is 4.54. The SMILES string of the molecule is Cc1ccc(F)c(C(C)C(C)N)c1. The van der Waals surface area contributed by atoms with Gasteiger partial charge < -0.3 is 5.73 Å². The van der Waals surface area contributed by atoms with Gasteiger partial charge in [-0.15, -0.1) is 0 Å². The van der Waals surface area contributed by atoms with Crippen molar-refractivity contribution in [3.8, 4) is 0 Å². The lowest BCUT2D eigenvalue weighted by Crippen LogP contribution is -2.23. The van der Waals surface area contributed by atoms with Crippen molar-refractivity contribution in [3.63, 3.8) is 0 Å². The Labute approximate surface area is 78.8 Å². The van der Waals surface area contributed by atoms with Crippen LogP contribution < -0.4 is 5.73 Å². The molecule has 0 fully saturated rings. The number of benzene rings is 1. The summed E-state index contributed by atoms with van der Waals surface area (Å²) in [5.74, 6) is -0.0877. The molecule has 72 valence electrons. The van der Waals surface area contributed by atoms with Crippen LogP contribution in [-0.4, -0.2) is 6.04 Å². The summed E-state index contributed by atoms with van der Waals surface area (Å²) in [5.41, 5.74) is 7.51. The molecule has 0 spiro atoms. The lowest BCUT2D eigenvalue weighted by molar-refractivity contribution is 0.549. The van der Waals surface area contributed by atoms with Crippen molar-refractivity contribution >= 4 is 0 Å². The van der Waals surface area contributed by atoms with Gasteiger partial charge in [0.05, 0.1) is 0 Å². The molecule has 0 aliphatic rings. The fourth-order valence-corrected chi connectivity index (χ4v) is 1.30. The first-order chi connectivity index (χ1) is 6.02. The van der Waals surface area contributed by atoms with Crippen LogP contribution in [0.5, 0.6) is 0 Å². The van der Waals surface area contributed by atoms with Crippen LogP contribution in [0.1, 0.15) is 30.9 Å². The van der Waals surface area contributed by atoms with Crippen molar-refractivity contribution in [2.24, 2.45) is 5.73 Å². The van der Waals surface area contributed by atoms with Gasteiger partial charge in [0.2, 0.25) is 0 Å². The molecule has 0 amide bonds. The van der Waals surface area contributed by atoms with Crippen LogP contribution in [0.4, 0.5) is 4.39 Å². The summed E-state index contributed by atoms with van der Waals surface area (Å²) in [4.78, 5) is 0. The first-order valence-corrected chi connectivity index (χ1v) is 4.54. The van der Waals surface area contributed by atoms with Gasteiger partial charge in [-0.2, -0.15) is 0 Å². The number of halogens is 1. The minimum absolute atomic E-state index is 0.0173. The van der Waals surface area contributed by atoms with E-state index in [-0.39, 0.29) is 17.8 Å². The number of aryl methyl sites for hydroxylation is 1. The fraction of sp³-hybridized carbons (Fsp3) is 0.455. The maximum absolute atomic E-state index is 13.3. The molecule has 2 N–H and O–H groups in total. The van der Waals surface area contributed by atoms with Gasteiger partial charge in [-0.3, -0.25) is 0 Å². The molecule has 1 aromatic carbocycles.